The number of hydrazine groups is 1. The molecule has 1 aliphatic rings. The second-order valence-electron chi connectivity index (χ2n) is 12.0. The Morgan fingerprint density at radius 2 is 1.57 bits per heavy atom. The van der Waals surface area contributed by atoms with Crippen LogP contribution in [0.25, 0.3) is 10.4 Å². The van der Waals surface area contributed by atoms with Crippen molar-refractivity contribution in [1.82, 2.24) is 10.9 Å². The number of carbonyl (C=O) groups is 1. The Morgan fingerprint density at radius 1 is 0.922 bits per heavy atom. The number of aliphatic imine (C=N–C) groups is 1. The number of benzene rings is 5. The van der Waals surface area contributed by atoms with E-state index in [1.165, 1.54) is 0 Å². The average Bonchev–Trinajstić information content (AvgIpc) is 3.56. The van der Waals surface area contributed by atoms with Crippen molar-refractivity contribution in [3.63, 3.8) is 0 Å². The number of ether oxygens (including phenoxy) is 2. The predicted molar refractivity (Wildman–Crippen MR) is 201 cm³/mol. The summed E-state index contributed by atoms with van der Waals surface area (Å²) in [6.45, 7) is 0.833. The van der Waals surface area contributed by atoms with Gasteiger partial charge in [-0.2, -0.15) is 0 Å². The molecule has 0 saturated carbocycles. The number of hydrogen-bond acceptors (Lipinski definition) is 7. The first kappa shape index (κ1) is 35.4. The molecule has 0 bridgehead atoms. The first-order valence-electron chi connectivity index (χ1n) is 16.6. The minimum Gasteiger partial charge on any atom is -0.494 e. The zero-order valence-corrected chi connectivity index (χ0v) is 29.3. The topological polar surface area (TPSA) is 141 Å². The number of hydrogen-bond donors (Lipinski definition) is 3. The third kappa shape index (κ3) is 8.48. The van der Waals surface area contributed by atoms with Crippen molar-refractivity contribution in [2.45, 2.75) is 30.4 Å². The summed E-state index contributed by atoms with van der Waals surface area (Å²) in [5.74, 6) is 0.462. The Bertz CT molecular complexity index is 1950. The molecule has 5 aromatic rings. The molecule has 3 N–H and O–H groups in total. The molecule has 1 aliphatic heterocycles. The fourth-order valence-corrected chi connectivity index (χ4v) is 6.42. The summed E-state index contributed by atoms with van der Waals surface area (Å²) in [5, 5.41) is 13.0. The third-order valence-corrected chi connectivity index (χ3v) is 9.25. The maximum atomic E-state index is 14.8. The fourth-order valence-electron chi connectivity index (χ4n) is 6.16. The summed E-state index contributed by atoms with van der Waals surface area (Å²) in [6.07, 6.45) is -0.253. The van der Waals surface area contributed by atoms with E-state index in [9.17, 15) is 10.3 Å². The first-order chi connectivity index (χ1) is 25.0. The van der Waals surface area contributed by atoms with Gasteiger partial charge in [-0.15, -0.1) is 0 Å². The molecule has 10 nitrogen and oxygen atoms in total. The van der Waals surface area contributed by atoms with Gasteiger partial charge in [0.05, 0.1) is 6.61 Å². The van der Waals surface area contributed by atoms with Gasteiger partial charge in [0.1, 0.15) is 5.75 Å². The number of rotatable bonds is 15. The molecule has 0 unspecified atom stereocenters. The van der Waals surface area contributed by atoms with Gasteiger partial charge in [0, 0.05) is 52.5 Å². The molecule has 51 heavy (non-hydrogen) atoms. The average molecular weight is 746 g/mol. The summed E-state index contributed by atoms with van der Waals surface area (Å²) in [4.78, 5) is 23.0. The van der Waals surface area contributed by atoms with E-state index < -0.39 is 17.6 Å². The Morgan fingerprint density at radius 3 is 2.22 bits per heavy atom. The first-order valence-corrected chi connectivity index (χ1v) is 17.4. The van der Waals surface area contributed by atoms with E-state index in [0.717, 1.165) is 21.2 Å². The molecule has 1 amide bonds. The van der Waals surface area contributed by atoms with Crippen molar-refractivity contribution in [2.24, 2.45) is 10.1 Å². The van der Waals surface area contributed by atoms with E-state index >= 15 is 0 Å². The van der Waals surface area contributed by atoms with Crippen LogP contribution in [-0.2, 0) is 16.0 Å². The van der Waals surface area contributed by atoms with E-state index in [2.05, 4.69) is 61.1 Å². The van der Waals surface area contributed by atoms with Gasteiger partial charge >= 0.3 is 0 Å². The van der Waals surface area contributed by atoms with Crippen molar-refractivity contribution in [1.29, 1.82) is 0 Å². The molecule has 0 fully saturated rings. The van der Waals surface area contributed by atoms with Gasteiger partial charge in [-0.3, -0.25) is 10.2 Å². The maximum absolute atomic E-state index is 14.8. The van der Waals surface area contributed by atoms with Crippen molar-refractivity contribution < 1.29 is 19.4 Å². The van der Waals surface area contributed by atoms with Gasteiger partial charge in [-0.25, -0.2) is 10.4 Å². The summed E-state index contributed by atoms with van der Waals surface area (Å²) in [6, 6.07) is 42.3. The summed E-state index contributed by atoms with van der Waals surface area (Å²) < 4.78 is 13.3. The van der Waals surface area contributed by atoms with Crippen molar-refractivity contribution >= 4 is 33.4 Å². The molecule has 0 radical (unpaired) electrons. The number of aliphatic hydroxyl groups excluding tert-OH is 1. The molecule has 0 aromatic heterocycles. The SMILES string of the molecule is [N-]=[N+]=Nc1ccccc1C[C@]1(C(=O)NNCC(c2ccccc2)c2ccccc2)N=C(c2ccc(OCCCO)cc2)O[C@H]1c1ccc(Br)cc1. The molecule has 6 rings (SSSR count). The molecular formula is C40H37BrN6O4. The van der Waals surface area contributed by atoms with E-state index in [1.54, 1.807) is 24.3 Å². The molecule has 11 heteroatoms. The lowest BCUT2D eigenvalue weighted by molar-refractivity contribution is -0.130. The van der Waals surface area contributed by atoms with E-state index in [0.29, 0.717) is 42.1 Å². The van der Waals surface area contributed by atoms with E-state index in [1.807, 2.05) is 84.9 Å². The van der Waals surface area contributed by atoms with Gasteiger partial charge in [0.15, 0.2) is 11.6 Å². The number of nitrogens with one attached hydrogen (secondary N) is 2. The van der Waals surface area contributed by atoms with Gasteiger partial charge in [0.25, 0.3) is 5.91 Å². The molecule has 5 aromatic carbocycles. The van der Waals surface area contributed by atoms with Gasteiger partial charge in [-0.1, -0.05) is 118 Å². The lowest BCUT2D eigenvalue weighted by atomic mass is 9.81. The summed E-state index contributed by atoms with van der Waals surface area (Å²) in [7, 11) is 0. The molecule has 0 aliphatic carbocycles. The lowest BCUT2D eigenvalue weighted by Gasteiger charge is -2.31. The largest absolute Gasteiger partial charge is 0.494 e. The smallest absolute Gasteiger partial charge is 0.266 e. The second kappa shape index (κ2) is 17.0. The molecule has 0 saturated heterocycles. The van der Waals surface area contributed by atoms with Gasteiger partial charge < -0.3 is 14.6 Å². The summed E-state index contributed by atoms with van der Waals surface area (Å²) >= 11 is 3.53. The zero-order chi connectivity index (χ0) is 35.5. The van der Waals surface area contributed by atoms with Crippen LogP contribution in [0.4, 0.5) is 5.69 Å². The number of amides is 1. The van der Waals surface area contributed by atoms with Crippen LogP contribution >= 0.6 is 15.9 Å². The number of nitrogens with zero attached hydrogens (tertiary/aromatic N) is 4. The van der Waals surface area contributed by atoms with Crippen LogP contribution in [0.2, 0.25) is 0 Å². The number of aliphatic hydroxyl groups is 1. The molecule has 2 atom stereocenters. The highest BCUT2D eigenvalue weighted by molar-refractivity contribution is 9.10. The quantitative estimate of drug-likeness (QED) is 0.0327. The van der Waals surface area contributed by atoms with E-state index in [-0.39, 0.29) is 24.8 Å². The van der Waals surface area contributed by atoms with Gasteiger partial charge in [0.2, 0.25) is 5.90 Å². The van der Waals surface area contributed by atoms with Crippen LogP contribution in [0.5, 0.6) is 5.75 Å². The fraction of sp³-hybridized carbons (Fsp3) is 0.200. The van der Waals surface area contributed by atoms with Crippen LogP contribution < -0.4 is 15.6 Å². The highest BCUT2D eigenvalue weighted by atomic mass is 79.9. The zero-order valence-electron chi connectivity index (χ0n) is 27.7. The molecule has 0 spiro atoms. The van der Waals surface area contributed by atoms with Crippen molar-refractivity contribution in [3.8, 4) is 5.75 Å². The Kier molecular flexibility index (Phi) is 11.8. The van der Waals surface area contributed by atoms with Crippen molar-refractivity contribution in [3.05, 3.63) is 176 Å². The molecular weight excluding hydrogens is 708 g/mol. The highest BCUT2D eigenvalue weighted by Crippen LogP contribution is 2.44. The number of carbonyl (C=O) groups excluding carboxylic acids is 1. The highest BCUT2D eigenvalue weighted by Gasteiger charge is 2.53. The standard InChI is InChI=1S/C40H37BrN6O4/c41-33-20-16-30(17-21-33)37-40(26-32-14-7-8-15-36(32)45-47-42,44-38(51-37)31-18-22-34(23-19-31)50-25-9-24-48)39(49)46-43-27-35(28-10-3-1-4-11-28)29-12-5-2-6-13-29/h1-8,10-23,35,37,43,48H,9,24-27H2,(H,46,49)/t37-,40-/m0/s1. The number of halogens is 1. The van der Waals surface area contributed by atoms with Crippen LogP contribution in [0.15, 0.2) is 148 Å². The monoisotopic (exact) mass is 744 g/mol. The van der Waals surface area contributed by atoms with Crippen LogP contribution in [-0.4, -0.2) is 42.2 Å². The lowest BCUT2D eigenvalue weighted by Crippen LogP contribution is -2.54. The van der Waals surface area contributed by atoms with Gasteiger partial charge in [-0.05, 0) is 64.2 Å². The Balaban J connectivity index is 1.38. The minimum atomic E-state index is -1.53. The van der Waals surface area contributed by atoms with Crippen LogP contribution in [0.3, 0.4) is 0 Å². The van der Waals surface area contributed by atoms with Crippen LogP contribution in [0, 0.1) is 0 Å². The van der Waals surface area contributed by atoms with Crippen molar-refractivity contribution in [2.75, 3.05) is 19.8 Å². The molecule has 258 valence electrons. The predicted octanol–water partition coefficient (Wildman–Crippen LogP) is 8.10. The third-order valence-electron chi connectivity index (χ3n) is 8.72. The Labute approximate surface area is 304 Å². The summed E-state index contributed by atoms with van der Waals surface area (Å²) in [5.41, 5.74) is 18.7. The Hall–Kier alpha value is -5.45. The maximum Gasteiger partial charge on any atom is 0.266 e. The normalized spacial score (nSPS) is 16.5. The van der Waals surface area contributed by atoms with Crippen LogP contribution in [0.1, 0.15) is 46.3 Å². The minimum absolute atomic E-state index is 0.0428. The molecule has 1 heterocycles. The van der Waals surface area contributed by atoms with E-state index in [4.69, 9.17) is 19.6 Å². The number of azide groups is 1. The second-order valence-corrected chi connectivity index (χ2v) is 13.0.